The van der Waals surface area contributed by atoms with Crippen molar-refractivity contribution in [3.8, 4) is 5.75 Å². The lowest BCUT2D eigenvalue weighted by Gasteiger charge is -2.20. The van der Waals surface area contributed by atoms with Crippen LogP contribution in [-0.4, -0.2) is 46.6 Å². The number of benzene rings is 2. The van der Waals surface area contributed by atoms with E-state index in [0.29, 0.717) is 34.4 Å². The maximum Gasteiger partial charge on any atom is 0.339 e. The molecule has 0 amide bonds. The van der Waals surface area contributed by atoms with E-state index in [1.807, 2.05) is 0 Å². The summed E-state index contributed by atoms with van der Waals surface area (Å²) in [5.74, 6) is 0.0698. The van der Waals surface area contributed by atoms with Crippen LogP contribution in [0.4, 0.5) is 0 Å². The molecule has 1 aromatic heterocycles. The van der Waals surface area contributed by atoms with Crippen molar-refractivity contribution in [2.75, 3.05) is 21.3 Å². The van der Waals surface area contributed by atoms with Crippen LogP contribution < -0.4 is 4.74 Å². The number of hydrogen-bond acceptors (Lipinski definition) is 7. The highest BCUT2D eigenvalue weighted by molar-refractivity contribution is 7.91. The topological polar surface area (TPSA) is 101 Å². The number of carbonyl (C=O) groups is 2. The molecule has 33 heavy (non-hydrogen) atoms. The zero-order valence-corrected chi connectivity index (χ0v) is 19.4. The molecule has 174 valence electrons. The third-order valence-corrected chi connectivity index (χ3v) is 7.39. The number of methoxy groups -OCH3 is 3. The summed E-state index contributed by atoms with van der Waals surface area (Å²) in [6.45, 7) is 0.135. The first kappa shape index (κ1) is 24.2. The number of nitrogens with zero attached hydrogens (tertiary/aromatic N) is 1. The normalized spacial score (nSPS) is 12.2. The quantitative estimate of drug-likeness (QED) is 0.330. The van der Waals surface area contributed by atoms with Gasteiger partial charge < -0.3 is 18.8 Å². The maximum absolute atomic E-state index is 13.7. The molecule has 0 aliphatic carbocycles. The van der Waals surface area contributed by atoms with E-state index in [9.17, 15) is 18.0 Å². The molecule has 0 fully saturated rings. The third kappa shape index (κ3) is 5.32. The van der Waals surface area contributed by atoms with Crippen LogP contribution in [0.25, 0.3) is 0 Å². The maximum atomic E-state index is 13.7. The minimum atomic E-state index is -3.87. The van der Waals surface area contributed by atoms with E-state index >= 15 is 0 Å². The van der Waals surface area contributed by atoms with Gasteiger partial charge >= 0.3 is 5.97 Å². The summed E-state index contributed by atoms with van der Waals surface area (Å²) in [7, 11) is 0.448. The number of rotatable bonds is 10. The van der Waals surface area contributed by atoms with Crippen molar-refractivity contribution in [3.05, 3.63) is 83.2 Å². The molecule has 0 aliphatic rings. The van der Waals surface area contributed by atoms with Crippen molar-refractivity contribution in [3.63, 3.8) is 0 Å². The van der Waals surface area contributed by atoms with Gasteiger partial charge in [0.1, 0.15) is 18.8 Å². The van der Waals surface area contributed by atoms with Gasteiger partial charge in [0.25, 0.3) is 0 Å². The van der Waals surface area contributed by atoms with Gasteiger partial charge in [0.15, 0.2) is 9.84 Å². The Kier molecular flexibility index (Phi) is 7.67. The van der Waals surface area contributed by atoms with Gasteiger partial charge in [-0.05, 0) is 35.9 Å². The molecule has 2 aromatic carbocycles. The average molecular weight is 472 g/mol. The molecule has 0 saturated carbocycles. The van der Waals surface area contributed by atoms with Crippen LogP contribution in [0.1, 0.15) is 37.2 Å². The van der Waals surface area contributed by atoms with Gasteiger partial charge in [-0.2, -0.15) is 0 Å². The Bertz CT molecular complexity index is 1210. The lowest BCUT2D eigenvalue weighted by atomic mass is 10.1. The van der Waals surface area contributed by atoms with Crippen LogP contribution in [-0.2, 0) is 32.5 Å². The van der Waals surface area contributed by atoms with Gasteiger partial charge in [-0.1, -0.05) is 24.3 Å². The molecule has 0 radical (unpaired) electrons. The Hall–Kier alpha value is -3.43. The number of aromatic nitrogens is 1. The van der Waals surface area contributed by atoms with Gasteiger partial charge in [0, 0.05) is 31.0 Å². The van der Waals surface area contributed by atoms with E-state index in [4.69, 9.17) is 14.2 Å². The van der Waals surface area contributed by atoms with Gasteiger partial charge in [-0.25, -0.2) is 13.2 Å². The van der Waals surface area contributed by atoms with Gasteiger partial charge in [-0.3, -0.25) is 4.79 Å². The van der Waals surface area contributed by atoms with Crippen molar-refractivity contribution in [1.82, 2.24) is 4.57 Å². The number of hydrogen-bond donors (Lipinski definition) is 0. The Labute approximate surface area is 192 Å². The van der Waals surface area contributed by atoms with E-state index in [2.05, 4.69) is 0 Å². The van der Waals surface area contributed by atoms with Crippen LogP contribution >= 0.6 is 0 Å². The van der Waals surface area contributed by atoms with Crippen LogP contribution in [0.2, 0.25) is 0 Å². The third-order valence-electron chi connectivity index (χ3n) is 5.28. The summed E-state index contributed by atoms with van der Waals surface area (Å²) in [6, 6.07) is 14.2. The highest BCUT2D eigenvalue weighted by Crippen LogP contribution is 2.34. The molecular weight excluding hydrogens is 446 g/mol. The summed E-state index contributed by atoms with van der Waals surface area (Å²) in [5.41, 5.74) is 1.82. The molecule has 1 unspecified atom stereocenters. The van der Waals surface area contributed by atoms with Gasteiger partial charge in [-0.15, -0.1) is 0 Å². The average Bonchev–Trinajstić information content (AvgIpc) is 3.24. The number of carbonyl (C=O) groups excluding carboxylic acids is 2. The summed E-state index contributed by atoms with van der Waals surface area (Å²) < 4.78 is 44.3. The fourth-order valence-electron chi connectivity index (χ4n) is 3.53. The van der Waals surface area contributed by atoms with E-state index in [1.165, 1.54) is 45.6 Å². The Morgan fingerprint density at radius 3 is 2.24 bits per heavy atom. The second kappa shape index (κ2) is 10.5. The SMILES string of the molecule is COCn1cc(C(=O)OC)cc1CC(c1ccc(OC)cc1)S(=O)(=O)c1ccc(C=O)cc1. The Morgan fingerprint density at radius 2 is 1.70 bits per heavy atom. The summed E-state index contributed by atoms with van der Waals surface area (Å²) in [6.07, 6.45) is 2.30. The molecule has 1 heterocycles. The first-order chi connectivity index (χ1) is 15.8. The number of esters is 1. The highest BCUT2D eigenvalue weighted by atomic mass is 32.2. The Balaban J connectivity index is 2.10. The van der Waals surface area contributed by atoms with E-state index in [-0.39, 0.29) is 18.0 Å². The molecule has 3 aromatic rings. The summed E-state index contributed by atoms with van der Waals surface area (Å²) in [4.78, 5) is 23.1. The number of ether oxygens (including phenoxy) is 3. The van der Waals surface area contributed by atoms with E-state index < -0.39 is 21.1 Å². The predicted octanol–water partition coefficient (Wildman–Crippen LogP) is 3.46. The molecule has 3 rings (SSSR count). The fourth-order valence-corrected chi connectivity index (χ4v) is 5.28. The van der Waals surface area contributed by atoms with Crippen LogP contribution in [0.3, 0.4) is 0 Å². The van der Waals surface area contributed by atoms with E-state index in [0.717, 1.165) is 0 Å². The summed E-state index contributed by atoms with van der Waals surface area (Å²) in [5, 5.41) is -0.971. The number of aldehydes is 1. The van der Waals surface area contributed by atoms with Crippen molar-refractivity contribution in [2.24, 2.45) is 0 Å². The molecule has 9 heteroatoms. The minimum Gasteiger partial charge on any atom is -0.497 e. The van der Waals surface area contributed by atoms with Gasteiger partial charge in [0.2, 0.25) is 0 Å². The van der Waals surface area contributed by atoms with Gasteiger partial charge in [0.05, 0.1) is 29.9 Å². The molecule has 0 spiro atoms. The fraction of sp³-hybridized carbons (Fsp3) is 0.250. The lowest BCUT2D eigenvalue weighted by Crippen LogP contribution is -2.18. The van der Waals surface area contributed by atoms with E-state index in [1.54, 1.807) is 41.1 Å². The highest BCUT2D eigenvalue weighted by Gasteiger charge is 2.31. The van der Waals surface area contributed by atoms with Crippen molar-refractivity contribution >= 4 is 22.1 Å². The molecule has 8 nitrogen and oxygen atoms in total. The second-order valence-corrected chi connectivity index (χ2v) is 9.43. The van der Waals surface area contributed by atoms with Crippen molar-refractivity contribution in [2.45, 2.75) is 23.3 Å². The largest absolute Gasteiger partial charge is 0.497 e. The second-order valence-electron chi connectivity index (χ2n) is 7.30. The summed E-state index contributed by atoms with van der Waals surface area (Å²) >= 11 is 0. The monoisotopic (exact) mass is 471 g/mol. The van der Waals surface area contributed by atoms with Crippen LogP contribution in [0.5, 0.6) is 5.75 Å². The molecule has 0 bridgehead atoms. The molecule has 1 atom stereocenters. The van der Waals surface area contributed by atoms with Crippen molar-refractivity contribution < 1.29 is 32.2 Å². The number of sulfone groups is 1. The minimum absolute atomic E-state index is 0.0739. The van der Waals surface area contributed by atoms with Crippen LogP contribution in [0.15, 0.2) is 65.7 Å². The first-order valence-electron chi connectivity index (χ1n) is 10.0. The zero-order chi connectivity index (χ0) is 24.0. The molecule has 0 aliphatic heterocycles. The van der Waals surface area contributed by atoms with Crippen molar-refractivity contribution in [1.29, 1.82) is 0 Å². The lowest BCUT2D eigenvalue weighted by molar-refractivity contribution is 0.0600. The predicted molar refractivity (Wildman–Crippen MR) is 121 cm³/mol. The Morgan fingerprint density at radius 1 is 1.03 bits per heavy atom. The van der Waals surface area contributed by atoms with Crippen LogP contribution in [0, 0.1) is 0 Å². The molecule has 0 N–H and O–H groups in total. The molecular formula is C24H25NO7S. The zero-order valence-electron chi connectivity index (χ0n) is 18.6. The smallest absolute Gasteiger partial charge is 0.339 e. The molecule has 0 saturated heterocycles. The standard InChI is InChI=1S/C24H25NO7S/c1-30-16-25-14-19(24(27)32-3)12-20(25)13-23(18-6-8-21(31-2)9-7-18)33(28,29)22-10-4-17(15-26)5-11-22/h4-12,14-15,23H,13,16H2,1-3H3. The first-order valence-corrected chi connectivity index (χ1v) is 11.6.